The summed E-state index contributed by atoms with van der Waals surface area (Å²) in [6.45, 7) is 1.20. The standard InChI is InChI=1S/C15H18FN3O/c1-20-14-7-3-9-18-15(14)19(10-4-8-17)13-6-2-5-12(16)11-13/h2-3,5-7,9,11H,4,8,10,17H2,1H3. The highest BCUT2D eigenvalue weighted by molar-refractivity contribution is 5.65. The Balaban J connectivity index is 2.41. The number of nitrogens with zero attached hydrogens (tertiary/aromatic N) is 2. The summed E-state index contributed by atoms with van der Waals surface area (Å²) >= 11 is 0. The van der Waals surface area contributed by atoms with E-state index in [1.54, 1.807) is 25.4 Å². The molecule has 2 rings (SSSR count). The first-order chi connectivity index (χ1) is 9.76. The summed E-state index contributed by atoms with van der Waals surface area (Å²) in [6, 6.07) is 10.0. The topological polar surface area (TPSA) is 51.4 Å². The summed E-state index contributed by atoms with van der Waals surface area (Å²) in [6.07, 6.45) is 2.46. The molecule has 1 heterocycles. The zero-order chi connectivity index (χ0) is 14.4. The molecule has 0 aliphatic carbocycles. The van der Waals surface area contributed by atoms with Crippen molar-refractivity contribution in [2.45, 2.75) is 6.42 Å². The maximum Gasteiger partial charge on any atom is 0.175 e. The van der Waals surface area contributed by atoms with Gasteiger partial charge in [-0.1, -0.05) is 6.07 Å². The molecule has 0 aliphatic rings. The number of pyridine rings is 1. The SMILES string of the molecule is COc1cccnc1N(CCCN)c1cccc(F)c1. The number of halogens is 1. The van der Waals surface area contributed by atoms with Gasteiger partial charge in [-0.3, -0.25) is 0 Å². The molecule has 0 unspecified atom stereocenters. The molecule has 0 atom stereocenters. The average Bonchev–Trinajstić information content (AvgIpc) is 2.48. The third-order valence-electron chi connectivity index (χ3n) is 2.93. The Labute approximate surface area is 118 Å². The first kappa shape index (κ1) is 14.3. The lowest BCUT2D eigenvalue weighted by atomic mass is 10.2. The molecule has 2 N–H and O–H groups in total. The monoisotopic (exact) mass is 275 g/mol. The molecule has 0 bridgehead atoms. The minimum absolute atomic E-state index is 0.282. The van der Waals surface area contributed by atoms with E-state index in [9.17, 15) is 4.39 Å². The molecule has 1 aromatic heterocycles. The quantitative estimate of drug-likeness (QED) is 0.880. The summed E-state index contributed by atoms with van der Waals surface area (Å²) < 4.78 is 18.8. The van der Waals surface area contributed by atoms with Crippen molar-refractivity contribution in [2.75, 3.05) is 25.1 Å². The highest BCUT2D eigenvalue weighted by atomic mass is 19.1. The number of rotatable bonds is 6. The lowest BCUT2D eigenvalue weighted by Crippen LogP contribution is -2.22. The van der Waals surface area contributed by atoms with Gasteiger partial charge in [0.05, 0.1) is 7.11 Å². The Morgan fingerprint density at radius 3 is 2.85 bits per heavy atom. The van der Waals surface area contributed by atoms with Crippen LogP contribution in [0.1, 0.15) is 6.42 Å². The molecular weight excluding hydrogens is 257 g/mol. The Morgan fingerprint density at radius 1 is 1.30 bits per heavy atom. The first-order valence-corrected chi connectivity index (χ1v) is 6.48. The molecule has 106 valence electrons. The Bertz CT molecular complexity index is 562. The molecule has 0 saturated carbocycles. The van der Waals surface area contributed by atoms with Gasteiger partial charge in [0, 0.05) is 18.4 Å². The number of nitrogens with two attached hydrogens (primary N) is 1. The summed E-state index contributed by atoms with van der Waals surface area (Å²) in [7, 11) is 1.59. The third kappa shape index (κ3) is 3.24. The second kappa shape index (κ2) is 6.86. The number of aromatic nitrogens is 1. The maximum absolute atomic E-state index is 13.4. The van der Waals surface area contributed by atoms with Crippen LogP contribution in [0.15, 0.2) is 42.6 Å². The van der Waals surface area contributed by atoms with Gasteiger partial charge < -0.3 is 15.4 Å². The van der Waals surface area contributed by atoms with Gasteiger partial charge in [0.1, 0.15) is 5.82 Å². The van der Waals surface area contributed by atoms with Crippen LogP contribution in [0.2, 0.25) is 0 Å². The lowest BCUT2D eigenvalue weighted by Gasteiger charge is -2.25. The van der Waals surface area contributed by atoms with Crippen molar-refractivity contribution in [3.05, 3.63) is 48.4 Å². The van der Waals surface area contributed by atoms with E-state index < -0.39 is 0 Å². The first-order valence-electron chi connectivity index (χ1n) is 6.48. The Hall–Kier alpha value is -2.14. The number of hydrogen-bond acceptors (Lipinski definition) is 4. The van der Waals surface area contributed by atoms with E-state index in [0.717, 1.165) is 12.1 Å². The Kier molecular flexibility index (Phi) is 4.90. The van der Waals surface area contributed by atoms with Crippen LogP contribution in [0, 0.1) is 5.82 Å². The van der Waals surface area contributed by atoms with Crippen LogP contribution in [0.4, 0.5) is 15.9 Å². The molecule has 0 spiro atoms. The third-order valence-corrected chi connectivity index (χ3v) is 2.93. The molecule has 2 aromatic rings. The van der Waals surface area contributed by atoms with Gasteiger partial charge >= 0.3 is 0 Å². The fourth-order valence-electron chi connectivity index (χ4n) is 1.99. The largest absolute Gasteiger partial charge is 0.493 e. The highest BCUT2D eigenvalue weighted by Gasteiger charge is 2.15. The van der Waals surface area contributed by atoms with Gasteiger partial charge in [-0.25, -0.2) is 9.37 Å². The van der Waals surface area contributed by atoms with E-state index >= 15 is 0 Å². The van der Waals surface area contributed by atoms with Crippen molar-refractivity contribution in [3.63, 3.8) is 0 Å². The molecule has 0 amide bonds. The highest BCUT2D eigenvalue weighted by Crippen LogP contribution is 2.31. The van der Waals surface area contributed by atoms with Gasteiger partial charge in [0.25, 0.3) is 0 Å². The molecule has 5 heteroatoms. The fraction of sp³-hybridized carbons (Fsp3) is 0.267. The normalized spacial score (nSPS) is 10.3. The summed E-state index contributed by atoms with van der Waals surface area (Å²) in [5, 5.41) is 0. The van der Waals surface area contributed by atoms with Gasteiger partial charge in [-0.15, -0.1) is 0 Å². The van der Waals surface area contributed by atoms with Crippen molar-refractivity contribution in [1.29, 1.82) is 0 Å². The summed E-state index contributed by atoms with van der Waals surface area (Å²) in [5.41, 5.74) is 6.31. The van der Waals surface area contributed by atoms with E-state index in [1.165, 1.54) is 12.1 Å². The van der Waals surface area contributed by atoms with E-state index in [4.69, 9.17) is 10.5 Å². The zero-order valence-corrected chi connectivity index (χ0v) is 11.4. The van der Waals surface area contributed by atoms with Crippen LogP contribution in [0.5, 0.6) is 5.75 Å². The fourth-order valence-corrected chi connectivity index (χ4v) is 1.99. The van der Waals surface area contributed by atoms with Crippen molar-refractivity contribution >= 4 is 11.5 Å². The van der Waals surface area contributed by atoms with Gasteiger partial charge in [-0.2, -0.15) is 0 Å². The predicted molar refractivity (Wildman–Crippen MR) is 77.9 cm³/mol. The zero-order valence-electron chi connectivity index (χ0n) is 11.4. The maximum atomic E-state index is 13.4. The smallest absolute Gasteiger partial charge is 0.175 e. The van der Waals surface area contributed by atoms with Crippen molar-refractivity contribution in [2.24, 2.45) is 5.73 Å². The second-order valence-electron chi connectivity index (χ2n) is 4.30. The van der Waals surface area contributed by atoms with Gasteiger partial charge in [0.15, 0.2) is 11.6 Å². The van der Waals surface area contributed by atoms with Crippen LogP contribution in [0.25, 0.3) is 0 Å². The molecule has 0 aliphatic heterocycles. The molecule has 1 aromatic carbocycles. The van der Waals surface area contributed by atoms with Crippen LogP contribution in [0.3, 0.4) is 0 Å². The van der Waals surface area contributed by atoms with E-state index in [1.807, 2.05) is 17.0 Å². The van der Waals surface area contributed by atoms with Crippen molar-refractivity contribution in [3.8, 4) is 5.75 Å². The summed E-state index contributed by atoms with van der Waals surface area (Å²) in [4.78, 5) is 6.26. The lowest BCUT2D eigenvalue weighted by molar-refractivity contribution is 0.413. The minimum atomic E-state index is -0.282. The van der Waals surface area contributed by atoms with Gasteiger partial charge in [0.2, 0.25) is 0 Å². The molecular formula is C15H18FN3O. The number of hydrogen-bond donors (Lipinski definition) is 1. The van der Waals surface area contributed by atoms with Crippen LogP contribution >= 0.6 is 0 Å². The summed E-state index contributed by atoms with van der Waals surface area (Å²) in [5.74, 6) is 1.03. The predicted octanol–water partition coefficient (Wildman–Crippen LogP) is 2.72. The average molecular weight is 275 g/mol. The molecule has 0 saturated heterocycles. The molecule has 4 nitrogen and oxygen atoms in total. The van der Waals surface area contributed by atoms with Crippen LogP contribution < -0.4 is 15.4 Å². The minimum Gasteiger partial charge on any atom is -0.493 e. The number of methoxy groups -OCH3 is 1. The molecule has 20 heavy (non-hydrogen) atoms. The van der Waals surface area contributed by atoms with Crippen LogP contribution in [-0.2, 0) is 0 Å². The van der Waals surface area contributed by atoms with E-state index in [2.05, 4.69) is 4.98 Å². The number of benzene rings is 1. The number of ether oxygens (including phenoxy) is 1. The van der Waals surface area contributed by atoms with E-state index in [0.29, 0.717) is 24.7 Å². The molecule has 0 radical (unpaired) electrons. The Morgan fingerprint density at radius 2 is 2.15 bits per heavy atom. The molecule has 0 fully saturated rings. The second-order valence-corrected chi connectivity index (χ2v) is 4.30. The van der Waals surface area contributed by atoms with Crippen molar-refractivity contribution in [1.82, 2.24) is 4.98 Å². The van der Waals surface area contributed by atoms with Crippen LogP contribution in [-0.4, -0.2) is 25.2 Å². The number of anilines is 2. The van der Waals surface area contributed by atoms with Crippen molar-refractivity contribution < 1.29 is 9.13 Å². The van der Waals surface area contributed by atoms with E-state index in [-0.39, 0.29) is 5.82 Å². The van der Waals surface area contributed by atoms with Gasteiger partial charge in [-0.05, 0) is 43.3 Å².